The van der Waals surface area contributed by atoms with Crippen LogP contribution in [0.15, 0.2) is 76.4 Å². The molecule has 3 aromatic carbocycles. The van der Waals surface area contributed by atoms with Gasteiger partial charge in [-0.05, 0) is 65.3 Å². The molecule has 0 fully saturated rings. The summed E-state index contributed by atoms with van der Waals surface area (Å²) in [4.78, 5) is 22.8. The van der Waals surface area contributed by atoms with Gasteiger partial charge in [-0.3, -0.25) is 4.79 Å². The van der Waals surface area contributed by atoms with E-state index >= 15 is 0 Å². The fraction of sp³-hybridized carbons (Fsp3) is 0.0476. The van der Waals surface area contributed by atoms with Gasteiger partial charge in [0.15, 0.2) is 0 Å². The van der Waals surface area contributed by atoms with Crippen LogP contribution in [0.1, 0.15) is 21.5 Å². The van der Waals surface area contributed by atoms with Gasteiger partial charge in [0.05, 0.1) is 5.56 Å². The maximum Gasteiger partial charge on any atom is 0.304 e. The van der Waals surface area contributed by atoms with Crippen LogP contribution in [0.4, 0.5) is 5.69 Å². The van der Waals surface area contributed by atoms with E-state index in [0.717, 1.165) is 10.0 Å². The van der Waals surface area contributed by atoms with Crippen molar-refractivity contribution < 1.29 is 19.7 Å². The van der Waals surface area contributed by atoms with Crippen molar-refractivity contribution in [2.75, 3.05) is 0 Å². The van der Waals surface area contributed by atoms with Crippen LogP contribution >= 0.6 is 15.9 Å². The first kappa shape index (κ1) is 20.2. The van der Waals surface area contributed by atoms with E-state index in [1.165, 1.54) is 24.4 Å². The van der Waals surface area contributed by atoms with Gasteiger partial charge in [0.25, 0.3) is 0 Å². The highest BCUT2D eigenvalue weighted by Gasteiger charge is 2.08. The number of nitrogens with zero attached hydrogens (tertiary/aromatic N) is 1. The molecule has 0 unspecified atom stereocenters. The van der Waals surface area contributed by atoms with Crippen molar-refractivity contribution in [3.63, 3.8) is 0 Å². The highest BCUT2D eigenvalue weighted by Crippen LogP contribution is 2.21. The first-order valence-electron chi connectivity index (χ1n) is 8.58. The molecule has 0 saturated heterocycles. The van der Waals surface area contributed by atoms with Gasteiger partial charge >= 0.3 is 5.91 Å². The average molecular weight is 455 g/mol. The normalized spacial score (nSPS) is 10.7. The molecule has 3 N–H and O–H groups in total. The van der Waals surface area contributed by atoms with Gasteiger partial charge in [-0.2, -0.15) is 0 Å². The number of halogens is 1. The molecule has 29 heavy (non-hydrogen) atoms. The molecule has 3 rings (SSSR count). The van der Waals surface area contributed by atoms with E-state index in [0.29, 0.717) is 23.5 Å². The third-order valence-electron chi connectivity index (χ3n) is 3.94. The lowest BCUT2D eigenvalue weighted by Gasteiger charge is -2.07. The van der Waals surface area contributed by atoms with Crippen LogP contribution in [-0.2, 0) is 6.61 Å². The third kappa shape index (κ3) is 5.73. The standard InChI is InChI=1S/C21H16BrN3O4/c22-17-3-1-2-14(10-17)13-29-19-7-4-15(5-8-19)21(27)24-23-12-16-11-18(25-28)6-9-20(16)26/h1-12,26H,13H2,(H,24,27)/p+1/b23-12+. The molecule has 0 spiro atoms. The number of rotatable bonds is 7. The predicted molar refractivity (Wildman–Crippen MR) is 112 cm³/mol. The van der Waals surface area contributed by atoms with Crippen molar-refractivity contribution in [3.8, 4) is 11.5 Å². The van der Waals surface area contributed by atoms with E-state index in [9.17, 15) is 14.8 Å². The number of hydrazine groups is 1. The largest absolute Gasteiger partial charge is 0.507 e. The molecule has 0 aliphatic carbocycles. The third-order valence-corrected chi connectivity index (χ3v) is 4.43. The molecular formula is C21H17BrN3O4+. The summed E-state index contributed by atoms with van der Waals surface area (Å²) in [7, 11) is 0. The summed E-state index contributed by atoms with van der Waals surface area (Å²) in [6.07, 6.45) is 1.36. The smallest absolute Gasteiger partial charge is 0.304 e. The Labute approximate surface area is 175 Å². The summed E-state index contributed by atoms with van der Waals surface area (Å²) in [6, 6.07) is 18.6. The van der Waals surface area contributed by atoms with Crippen molar-refractivity contribution in [1.29, 1.82) is 0 Å². The Kier molecular flexibility index (Phi) is 6.70. The molecule has 146 valence electrons. The number of aromatic hydroxyl groups is 1. The number of phenolic OH excluding ortho intramolecular Hbond substituents is 1. The number of hydrogen-bond donors (Lipinski definition) is 3. The Morgan fingerprint density at radius 1 is 1.14 bits per heavy atom. The monoisotopic (exact) mass is 454 g/mol. The van der Waals surface area contributed by atoms with Gasteiger partial charge in [0, 0.05) is 10.0 Å². The molecule has 3 aromatic rings. The maximum atomic E-state index is 12.2. The Balaban J connectivity index is 1.57. The van der Waals surface area contributed by atoms with Crippen LogP contribution in [0.3, 0.4) is 0 Å². The number of phenols is 1. The number of nitroso groups, excluding NO2 is 1. The van der Waals surface area contributed by atoms with Crippen molar-refractivity contribution in [1.82, 2.24) is 5.43 Å². The highest BCUT2D eigenvalue weighted by molar-refractivity contribution is 9.10. The minimum absolute atomic E-state index is 0.0499. The fourth-order valence-electron chi connectivity index (χ4n) is 2.46. The first-order valence-corrected chi connectivity index (χ1v) is 9.37. The second kappa shape index (κ2) is 9.61. The Morgan fingerprint density at radius 2 is 1.93 bits per heavy atom. The number of amides is 1. The predicted octanol–water partition coefficient (Wildman–Crippen LogP) is 2.98. The molecule has 0 aliphatic heterocycles. The van der Waals surface area contributed by atoms with Crippen molar-refractivity contribution in [2.45, 2.75) is 6.61 Å². The van der Waals surface area contributed by atoms with Crippen LogP contribution in [0, 0.1) is 4.91 Å². The molecule has 0 heterocycles. The van der Waals surface area contributed by atoms with Crippen molar-refractivity contribution in [2.24, 2.45) is 5.18 Å². The van der Waals surface area contributed by atoms with Gasteiger partial charge in [-0.1, -0.05) is 28.1 Å². The van der Waals surface area contributed by atoms with Crippen molar-refractivity contribution >= 4 is 33.7 Å². The van der Waals surface area contributed by atoms with E-state index in [2.05, 4.69) is 31.6 Å². The summed E-state index contributed by atoms with van der Waals surface area (Å²) in [5.74, 6) is 0.221. The Morgan fingerprint density at radius 3 is 2.66 bits per heavy atom. The van der Waals surface area contributed by atoms with Crippen LogP contribution in [-0.4, -0.2) is 17.2 Å². The van der Waals surface area contributed by atoms with Gasteiger partial charge in [-0.25, -0.2) is 0 Å². The molecule has 0 saturated carbocycles. The van der Waals surface area contributed by atoms with Gasteiger partial charge in [-0.15, -0.1) is 15.4 Å². The van der Waals surface area contributed by atoms with Gasteiger partial charge in [0.2, 0.25) is 6.21 Å². The molecular weight excluding hydrogens is 438 g/mol. The minimum atomic E-state index is -0.371. The second-order valence-corrected chi connectivity index (χ2v) is 6.94. The minimum Gasteiger partial charge on any atom is -0.507 e. The average Bonchev–Trinajstić information content (AvgIpc) is 2.74. The van der Waals surface area contributed by atoms with Crippen molar-refractivity contribution in [3.05, 3.63) is 92.8 Å². The summed E-state index contributed by atoms with van der Waals surface area (Å²) in [5, 5.41) is 15.1. The first-order chi connectivity index (χ1) is 14.0. The number of benzene rings is 3. The fourth-order valence-corrected chi connectivity index (χ4v) is 2.91. The van der Waals surface area contributed by atoms with E-state index in [4.69, 9.17) is 4.74 Å². The molecule has 0 aromatic heterocycles. The number of carbonyl (C=O) groups is 1. The molecule has 0 aliphatic rings. The Hall–Kier alpha value is -3.52. The maximum absolute atomic E-state index is 12.2. The lowest BCUT2D eigenvalue weighted by Crippen LogP contribution is -2.81. The number of hydrazone groups is 1. The van der Waals surface area contributed by atoms with Crippen LogP contribution in [0.25, 0.3) is 0 Å². The molecule has 7 nitrogen and oxygen atoms in total. The van der Waals surface area contributed by atoms with Gasteiger partial charge < -0.3 is 9.84 Å². The zero-order valence-corrected chi connectivity index (χ0v) is 16.7. The van der Waals surface area contributed by atoms with E-state index in [1.54, 1.807) is 24.3 Å². The lowest BCUT2D eigenvalue weighted by molar-refractivity contribution is -0.503. The number of carbonyl (C=O) groups excluding carboxylic acids is 1. The van der Waals surface area contributed by atoms with Crippen LogP contribution in [0.5, 0.6) is 11.5 Å². The van der Waals surface area contributed by atoms with E-state index < -0.39 is 0 Å². The number of ether oxygens (including phenoxy) is 1. The summed E-state index contributed by atoms with van der Waals surface area (Å²) >= 11 is 3.42. The summed E-state index contributed by atoms with van der Waals surface area (Å²) in [6.45, 7) is 0.416. The van der Waals surface area contributed by atoms with Gasteiger partial charge in [0.1, 0.15) is 23.8 Å². The lowest BCUT2D eigenvalue weighted by atomic mass is 10.2. The zero-order valence-electron chi connectivity index (χ0n) is 15.1. The molecule has 0 radical (unpaired) electrons. The quantitative estimate of drug-likeness (QED) is 0.290. The Bertz CT molecular complexity index is 1050. The van der Waals surface area contributed by atoms with Crippen LogP contribution < -0.4 is 15.3 Å². The number of nitrogens with one attached hydrogen (secondary N) is 2. The SMILES string of the molecule is O=Nc1ccc(O)c(/C=[NH+]/NC(=O)c2ccc(OCc3cccc(Br)c3)cc2)c1. The zero-order chi connectivity index (χ0) is 20.6. The summed E-state index contributed by atoms with van der Waals surface area (Å²) in [5.41, 5.74) is 4.42. The molecule has 8 heteroatoms. The summed E-state index contributed by atoms with van der Waals surface area (Å²) < 4.78 is 6.70. The number of hydrogen-bond acceptors (Lipinski definition) is 5. The van der Waals surface area contributed by atoms with E-state index in [-0.39, 0.29) is 17.3 Å². The second-order valence-electron chi connectivity index (χ2n) is 6.02. The molecule has 0 atom stereocenters. The van der Waals surface area contributed by atoms with E-state index in [1.807, 2.05) is 24.3 Å². The molecule has 1 amide bonds. The van der Waals surface area contributed by atoms with Crippen LogP contribution in [0.2, 0.25) is 0 Å². The highest BCUT2D eigenvalue weighted by atomic mass is 79.9. The molecule has 0 bridgehead atoms. The topological polar surface area (TPSA) is 102 Å².